The summed E-state index contributed by atoms with van der Waals surface area (Å²) in [6.07, 6.45) is 1.55. The molecule has 0 aliphatic carbocycles. The zero-order valence-corrected chi connectivity index (χ0v) is 10.1. The van der Waals surface area contributed by atoms with Gasteiger partial charge in [0.05, 0.1) is 11.3 Å². The van der Waals surface area contributed by atoms with Gasteiger partial charge in [-0.1, -0.05) is 0 Å². The van der Waals surface area contributed by atoms with Crippen LogP contribution in [0, 0.1) is 5.82 Å². The smallest absolute Gasteiger partial charge is 0.299 e. The highest BCUT2D eigenvalue weighted by Crippen LogP contribution is 2.29. The number of anilines is 1. The lowest BCUT2D eigenvalue weighted by Gasteiger charge is -2.16. The highest BCUT2D eigenvalue weighted by atomic mass is 19.1. The Morgan fingerprint density at radius 2 is 2.06 bits per heavy atom. The predicted octanol–water partition coefficient (Wildman–Crippen LogP) is 1.78. The molecule has 1 aliphatic heterocycles. The zero-order chi connectivity index (χ0) is 13.1. The highest BCUT2D eigenvalue weighted by molar-refractivity contribution is 6.52. The molecule has 0 radical (unpaired) electrons. The van der Waals surface area contributed by atoms with Gasteiger partial charge in [0.25, 0.3) is 11.7 Å². The maximum atomic E-state index is 13.0. The van der Waals surface area contributed by atoms with Crippen molar-refractivity contribution in [1.29, 1.82) is 0 Å². The van der Waals surface area contributed by atoms with E-state index in [0.29, 0.717) is 18.8 Å². The van der Waals surface area contributed by atoms with Crippen molar-refractivity contribution in [2.24, 2.45) is 0 Å². The van der Waals surface area contributed by atoms with Gasteiger partial charge in [0, 0.05) is 20.3 Å². The van der Waals surface area contributed by atoms with Gasteiger partial charge in [-0.2, -0.15) is 0 Å². The minimum absolute atomic E-state index is 0.159. The normalized spacial score (nSPS) is 14.2. The summed E-state index contributed by atoms with van der Waals surface area (Å²) in [5.74, 6) is -1.71. The molecule has 1 aromatic rings. The van der Waals surface area contributed by atoms with Crippen LogP contribution in [0.5, 0.6) is 0 Å². The summed E-state index contributed by atoms with van der Waals surface area (Å²) in [5.41, 5.74) is 0.663. The number of carbonyl (C=O) groups is 2. The van der Waals surface area contributed by atoms with Crippen molar-refractivity contribution < 1.29 is 18.7 Å². The van der Waals surface area contributed by atoms with Gasteiger partial charge in [-0.15, -0.1) is 0 Å². The van der Waals surface area contributed by atoms with Crippen LogP contribution in [0.15, 0.2) is 18.2 Å². The summed E-state index contributed by atoms with van der Waals surface area (Å²) in [7, 11) is 1.61. The second-order valence-electron chi connectivity index (χ2n) is 4.15. The topological polar surface area (TPSA) is 46.6 Å². The predicted molar refractivity (Wildman–Crippen MR) is 64.2 cm³/mol. The van der Waals surface area contributed by atoms with E-state index in [4.69, 9.17) is 4.74 Å². The lowest BCUT2D eigenvalue weighted by Crippen LogP contribution is -2.30. The van der Waals surface area contributed by atoms with Crippen molar-refractivity contribution >= 4 is 17.4 Å². The largest absolute Gasteiger partial charge is 0.385 e. The van der Waals surface area contributed by atoms with E-state index in [0.717, 1.165) is 18.9 Å². The molecule has 0 spiro atoms. The first-order valence-corrected chi connectivity index (χ1v) is 5.80. The molecule has 0 atom stereocenters. The molecule has 18 heavy (non-hydrogen) atoms. The van der Waals surface area contributed by atoms with E-state index in [9.17, 15) is 14.0 Å². The van der Waals surface area contributed by atoms with Crippen molar-refractivity contribution in [3.63, 3.8) is 0 Å². The van der Waals surface area contributed by atoms with Gasteiger partial charge in [-0.05, 0) is 31.0 Å². The number of halogens is 1. The number of ketones is 1. The molecule has 0 bridgehead atoms. The maximum Gasteiger partial charge on any atom is 0.299 e. The number of unbranched alkanes of at least 4 members (excludes halogenated alkanes) is 1. The Labute approximate surface area is 104 Å². The third-order valence-corrected chi connectivity index (χ3v) is 2.91. The SMILES string of the molecule is COCCCCN1C(=O)C(=O)c2cc(F)ccc21. The van der Waals surface area contributed by atoms with Crippen LogP contribution in [0.25, 0.3) is 0 Å². The van der Waals surface area contributed by atoms with Gasteiger partial charge in [0.1, 0.15) is 5.82 Å². The molecular formula is C13H14FNO3. The van der Waals surface area contributed by atoms with Crippen LogP contribution >= 0.6 is 0 Å². The molecule has 0 saturated carbocycles. The Hall–Kier alpha value is -1.75. The van der Waals surface area contributed by atoms with Crippen LogP contribution in [0.1, 0.15) is 23.2 Å². The second kappa shape index (κ2) is 5.27. The minimum Gasteiger partial charge on any atom is -0.385 e. The number of carbonyl (C=O) groups excluding carboxylic acids is 2. The number of amides is 1. The van der Waals surface area contributed by atoms with Crippen molar-refractivity contribution in [1.82, 2.24) is 0 Å². The molecule has 0 fully saturated rings. The first kappa shape index (κ1) is 12.7. The molecule has 1 aromatic carbocycles. The lowest BCUT2D eigenvalue weighted by atomic mass is 10.1. The first-order chi connectivity index (χ1) is 8.65. The molecule has 2 rings (SSSR count). The molecule has 5 heteroatoms. The second-order valence-corrected chi connectivity index (χ2v) is 4.15. The molecule has 1 aliphatic rings. The molecule has 0 N–H and O–H groups in total. The fourth-order valence-corrected chi connectivity index (χ4v) is 2.01. The minimum atomic E-state index is -0.628. The monoisotopic (exact) mass is 251 g/mol. The molecular weight excluding hydrogens is 237 g/mol. The maximum absolute atomic E-state index is 13.0. The molecule has 0 unspecified atom stereocenters. The van der Waals surface area contributed by atoms with Crippen LogP contribution in [0.3, 0.4) is 0 Å². The molecule has 1 heterocycles. The Kier molecular flexibility index (Phi) is 3.72. The average molecular weight is 251 g/mol. The van der Waals surface area contributed by atoms with Crippen molar-refractivity contribution in [3.8, 4) is 0 Å². The molecule has 0 aromatic heterocycles. The first-order valence-electron chi connectivity index (χ1n) is 5.80. The van der Waals surface area contributed by atoms with Crippen LogP contribution < -0.4 is 4.90 Å². The number of Topliss-reactive ketones (excluding diaryl/α,β-unsaturated/α-hetero) is 1. The van der Waals surface area contributed by atoms with Crippen LogP contribution in [-0.4, -0.2) is 32.0 Å². The number of ether oxygens (including phenoxy) is 1. The van der Waals surface area contributed by atoms with Gasteiger partial charge < -0.3 is 9.64 Å². The van der Waals surface area contributed by atoms with E-state index in [-0.39, 0.29) is 5.56 Å². The van der Waals surface area contributed by atoms with E-state index in [2.05, 4.69) is 0 Å². The molecule has 1 amide bonds. The third kappa shape index (κ3) is 2.26. The van der Waals surface area contributed by atoms with Crippen LogP contribution in [0.4, 0.5) is 10.1 Å². The number of fused-ring (bicyclic) bond motifs is 1. The summed E-state index contributed by atoms with van der Waals surface area (Å²) in [6, 6.07) is 3.85. The molecule has 4 nitrogen and oxygen atoms in total. The van der Waals surface area contributed by atoms with Gasteiger partial charge in [0.15, 0.2) is 0 Å². The van der Waals surface area contributed by atoms with Crippen LogP contribution in [-0.2, 0) is 9.53 Å². The summed E-state index contributed by atoms with van der Waals surface area (Å²) in [5, 5.41) is 0. The fourth-order valence-electron chi connectivity index (χ4n) is 2.01. The Bertz CT molecular complexity index is 487. The fraction of sp³-hybridized carbons (Fsp3) is 0.385. The number of methoxy groups -OCH3 is 1. The molecule has 0 saturated heterocycles. The number of hydrogen-bond acceptors (Lipinski definition) is 3. The number of hydrogen-bond donors (Lipinski definition) is 0. The number of rotatable bonds is 5. The van der Waals surface area contributed by atoms with Gasteiger partial charge in [-0.3, -0.25) is 9.59 Å². The van der Waals surface area contributed by atoms with Gasteiger partial charge in [0.2, 0.25) is 0 Å². The highest BCUT2D eigenvalue weighted by Gasteiger charge is 2.35. The Morgan fingerprint density at radius 3 is 2.78 bits per heavy atom. The van der Waals surface area contributed by atoms with E-state index in [1.807, 2.05) is 0 Å². The Morgan fingerprint density at radius 1 is 1.28 bits per heavy atom. The van der Waals surface area contributed by atoms with E-state index < -0.39 is 17.5 Å². The lowest BCUT2D eigenvalue weighted by molar-refractivity contribution is -0.114. The van der Waals surface area contributed by atoms with E-state index in [1.165, 1.54) is 17.0 Å². The van der Waals surface area contributed by atoms with Crippen LogP contribution in [0.2, 0.25) is 0 Å². The number of nitrogens with zero attached hydrogens (tertiary/aromatic N) is 1. The van der Waals surface area contributed by atoms with Crippen molar-refractivity contribution in [3.05, 3.63) is 29.6 Å². The average Bonchev–Trinajstić information content (AvgIpc) is 2.59. The van der Waals surface area contributed by atoms with Gasteiger partial charge >= 0.3 is 0 Å². The molecule has 96 valence electrons. The zero-order valence-electron chi connectivity index (χ0n) is 10.1. The van der Waals surface area contributed by atoms with Crippen molar-refractivity contribution in [2.45, 2.75) is 12.8 Å². The third-order valence-electron chi connectivity index (χ3n) is 2.91. The number of benzene rings is 1. The summed E-state index contributed by atoms with van der Waals surface area (Å²) >= 11 is 0. The van der Waals surface area contributed by atoms with E-state index >= 15 is 0 Å². The van der Waals surface area contributed by atoms with Crippen molar-refractivity contribution in [2.75, 3.05) is 25.2 Å². The summed E-state index contributed by atoms with van der Waals surface area (Å²) < 4.78 is 18.0. The standard InChI is InChI=1S/C13H14FNO3/c1-18-7-3-2-6-15-11-5-4-9(14)8-10(11)12(16)13(15)17/h4-5,8H,2-3,6-7H2,1H3. The van der Waals surface area contributed by atoms with E-state index in [1.54, 1.807) is 7.11 Å². The Balaban J connectivity index is 2.13. The summed E-state index contributed by atoms with van der Waals surface area (Å²) in [4.78, 5) is 24.8. The van der Waals surface area contributed by atoms with Gasteiger partial charge in [-0.25, -0.2) is 4.39 Å². The summed E-state index contributed by atoms with van der Waals surface area (Å²) in [6.45, 7) is 1.07. The quantitative estimate of drug-likeness (QED) is 0.592.